The molecule has 0 aliphatic heterocycles. The number of rotatable bonds is 2. The summed E-state index contributed by atoms with van der Waals surface area (Å²) >= 11 is 0. The van der Waals surface area contributed by atoms with Crippen molar-refractivity contribution >= 4 is 20.2 Å². The third-order valence-electron chi connectivity index (χ3n) is 1.88. The van der Waals surface area contributed by atoms with Gasteiger partial charge in [-0.05, 0) is 19.1 Å². The topological polar surface area (TPSA) is 135 Å². The number of benzene rings is 1. The Morgan fingerprint density at radius 1 is 0.944 bits per heavy atom. The molecule has 1 aromatic rings. The second-order valence-electron chi connectivity index (χ2n) is 2.94. The molecule has 1 N–H and O–H groups in total. The fourth-order valence-electron chi connectivity index (χ4n) is 1.13. The molecule has 0 atom stereocenters. The normalized spacial score (nSPS) is 11.3. The Kier molecular flexibility index (Phi) is 9.87. The SMILES string of the molecule is Cc1c(S(=O)(=O)[O-])ccc(S(=O)(=O)[O-])c1O.[K+].[K+]. The zero-order chi connectivity index (χ0) is 12.7. The van der Waals surface area contributed by atoms with Crippen LogP contribution in [-0.2, 0) is 20.2 Å². The van der Waals surface area contributed by atoms with Crippen LogP contribution in [0, 0.1) is 6.92 Å². The van der Waals surface area contributed by atoms with Crippen molar-refractivity contribution in [2.24, 2.45) is 0 Å². The average molecular weight is 344 g/mol. The van der Waals surface area contributed by atoms with Gasteiger partial charge in [0.25, 0.3) is 0 Å². The molecule has 0 saturated heterocycles. The Labute approximate surface area is 190 Å². The van der Waals surface area contributed by atoms with Gasteiger partial charge in [-0.15, -0.1) is 0 Å². The minimum atomic E-state index is -4.92. The zero-order valence-electron chi connectivity index (χ0n) is 9.87. The van der Waals surface area contributed by atoms with Crippen molar-refractivity contribution in [3.05, 3.63) is 17.7 Å². The molecule has 0 heterocycles. The summed E-state index contributed by atoms with van der Waals surface area (Å²) in [4.78, 5) is -1.73. The van der Waals surface area contributed by atoms with E-state index in [1.165, 1.54) is 0 Å². The number of hydrogen-bond donors (Lipinski definition) is 1. The van der Waals surface area contributed by atoms with Gasteiger partial charge in [-0.25, -0.2) is 16.8 Å². The van der Waals surface area contributed by atoms with Crippen molar-refractivity contribution in [1.29, 1.82) is 0 Å². The number of hydrogen-bond acceptors (Lipinski definition) is 7. The number of phenolic OH excluding ortho intramolecular Hbond substituents is 1. The minimum Gasteiger partial charge on any atom is -0.744 e. The first-order valence-corrected chi connectivity index (χ1v) is 6.61. The van der Waals surface area contributed by atoms with E-state index < -0.39 is 41.3 Å². The Bertz CT molecular complexity index is 579. The predicted molar refractivity (Wildman–Crippen MR) is 48.8 cm³/mol. The Hall–Kier alpha value is 2.11. The van der Waals surface area contributed by atoms with Gasteiger partial charge in [0.1, 0.15) is 26.0 Å². The fourth-order valence-corrected chi connectivity index (χ4v) is 2.46. The first kappa shape index (κ1) is 22.4. The van der Waals surface area contributed by atoms with E-state index in [0.717, 1.165) is 6.92 Å². The van der Waals surface area contributed by atoms with Gasteiger partial charge in [-0.3, -0.25) is 0 Å². The maximum atomic E-state index is 10.7. The van der Waals surface area contributed by atoms with E-state index in [2.05, 4.69) is 0 Å². The first-order chi connectivity index (χ1) is 7.05. The van der Waals surface area contributed by atoms with Gasteiger partial charge in [-0.2, -0.15) is 0 Å². The van der Waals surface area contributed by atoms with Gasteiger partial charge >= 0.3 is 103 Å². The second kappa shape index (κ2) is 7.93. The summed E-state index contributed by atoms with van der Waals surface area (Å²) < 4.78 is 63.9. The van der Waals surface area contributed by atoms with Gasteiger partial charge in [0.05, 0.1) is 9.79 Å². The maximum absolute atomic E-state index is 10.7. The van der Waals surface area contributed by atoms with Crippen LogP contribution in [0.4, 0.5) is 0 Å². The first-order valence-electron chi connectivity index (χ1n) is 3.79. The molecule has 0 fully saturated rings. The summed E-state index contributed by atoms with van der Waals surface area (Å²) in [6.45, 7) is 1.02. The van der Waals surface area contributed by atoms with Crippen LogP contribution in [0.5, 0.6) is 5.75 Å². The predicted octanol–water partition coefficient (Wildman–Crippen LogP) is -6.48. The van der Waals surface area contributed by atoms with E-state index in [1.807, 2.05) is 0 Å². The quantitative estimate of drug-likeness (QED) is 0.416. The largest absolute Gasteiger partial charge is 1.00 e. The van der Waals surface area contributed by atoms with E-state index in [-0.39, 0.29) is 103 Å². The van der Waals surface area contributed by atoms with Crippen LogP contribution in [0.2, 0.25) is 0 Å². The maximum Gasteiger partial charge on any atom is 1.00 e. The molecule has 0 aliphatic rings. The molecule has 0 radical (unpaired) electrons. The van der Waals surface area contributed by atoms with Crippen LogP contribution >= 0.6 is 0 Å². The molecule has 0 bridgehead atoms. The molecular formula is C7H6K2O7S2. The van der Waals surface area contributed by atoms with Gasteiger partial charge in [0.2, 0.25) is 0 Å². The Morgan fingerprint density at radius 3 is 1.61 bits per heavy atom. The number of aromatic hydroxyl groups is 1. The van der Waals surface area contributed by atoms with Gasteiger partial charge < -0.3 is 14.2 Å². The summed E-state index contributed by atoms with van der Waals surface area (Å²) in [7, 11) is -9.74. The number of phenols is 1. The molecule has 1 aromatic carbocycles. The van der Waals surface area contributed by atoms with E-state index in [0.29, 0.717) is 12.1 Å². The molecule has 90 valence electrons. The standard InChI is InChI=1S/C7H8O7S2.2K/c1-4-5(15(9,10)11)2-3-6(7(4)8)16(12,13)14;;/h2-3,8H,1H3,(H,9,10,11)(H,12,13,14);;/q;2*+1/p-2. The molecule has 1 rings (SSSR count). The third kappa shape index (κ3) is 5.48. The minimum absolute atomic E-state index is 0. The molecule has 0 aliphatic carbocycles. The van der Waals surface area contributed by atoms with Crippen molar-refractivity contribution < 1.29 is 134 Å². The van der Waals surface area contributed by atoms with Crippen LogP contribution in [0.25, 0.3) is 0 Å². The Balaban J connectivity index is 0. The van der Waals surface area contributed by atoms with Crippen LogP contribution in [0.1, 0.15) is 5.56 Å². The van der Waals surface area contributed by atoms with Crippen LogP contribution in [0.3, 0.4) is 0 Å². The molecule has 0 unspecified atom stereocenters. The van der Waals surface area contributed by atoms with Crippen molar-refractivity contribution in [3.8, 4) is 5.75 Å². The second-order valence-corrected chi connectivity index (χ2v) is 5.64. The molecule has 18 heavy (non-hydrogen) atoms. The van der Waals surface area contributed by atoms with Crippen molar-refractivity contribution in [2.75, 3.05) is 0 Å². The molecule has 11 heteroatoms. The van der Waals surface area contributed by atoms with E-state index in [4.69, 9.17) is 0 Å². The molecule has 0 spiro atoms. The summed E-state index contributed by atoms with van der Waals surface area (Å²) in [5, 5.41) is 9.29. The van der Waals surface area contributed by atoms with Crippen LogP contribution < -0.4 is 103 Å². The van der Waals surface area contributed by atoms with E-state index >= 15 is 0 Å². The van der Waals surface area contributed by atoms with Crippen molar-refractivity contribution in [3.63, 3.8) is 0 Å². The van der Waals surface area contributed by atoms with Crippen molar-refractivity contribution in [2.45, 2.75) is 16.7 Å². The van der Waals surface area contributed by atoms with Crippen LogP contribution in [-0.4, -0.2) is 31.0 Å². The monoisotopic (exact) mass is 344 g/mol. The van der Waals surface area contributed by atoms with Gasteiger partial charge in [0.15, 0.2) is 0 Å². The van der Waals surface area contributed by atoms with E-state index in [1.54, 1.807) is 0 Å². The van der Waals surface area contributed by atoms with Crippen LogP contribution in [0.15, 0.2) is 21.9 Å². The van der Waals surface area contributed by atoms with Gasteiger partial charge in [-0.1, -0.05) is 0 Å². The molecule has 0 aromatic heterocycles. The summed E-state index contributed by atoms with van der Waals surface area (Å²) in [5.41, 5.74) is -0.466. The Morgan fingerprint density at radius 2 is 1.28 bits per heavy atom. The molecular weight excluding hydrogens is 338 g/mol. The van der Waals surface area contributed by atoms with Crippen molar-refractivity contribution in [1.82, 2.24) is 0 Å². The summed E-state index contributed by atoms with van der Waals surface area (Å²) in [6.07, 6.45) is 0. The van der Waals surface area contributed by atoms with E-state index in [9.17, 15) is 31.0 Å². The average Bonchev–Trinajstić information content (AvgIpc) is 2.05. The van der Waals surface area contributed by atoms with Gasteiger partial charge in [0, 0.05) is 5.56 Å². The fraction of sp³-hybridized carbons (Fsp3) is 0.143. The summed E-state index contributed by atoms with van der Waals surface area (Å²) in [6, 6.07) is 1.25. The summed E-state index contributed by atoms with van der Waals surface area (Å²) in [5.74, 6) is -1.02. The third-order valence-corrected chi connectivity index (χ3v) is 3.73. The smallest absolute Gasteiger partial charge is 0.744 e. The molecule has 7 nitrogen and oxygen atoms in total. The molecule has 0 amide bonds. The molecule has 0 saturated carbocycles. The zero-order valence-corrected chi connectivity index (χ0v) is 17.7.